The number of carboxylic acids is 1. The SMILES string of the molecule is CC(C)(C)OC(=O)NCc1ccccc1/C(=C/c1ccccc1)C(=O)O. The summed E-state index contributed by atoms with van der Waals surface area (Å²) in [7, 11) is 0. The van der Waals surface area contributed by atoms with Crippen LogP contribution < -0.4 is 5.32 Å². The molecule has 0 radical (unpaired) electrons. The minimum absolute atomic E-state index is 0.165. The lowest BCUT2D eigenvalue weighted by Crippen LogP contribution is -2.32. The van der Waals surface area contributed by atoms with Gasteiger partial charge in [0.15, 0.2) is 0 Å². The first-order valence-corrected chi connectivity index (χ1v) is 8.31. The van der Waals surface area contributed by atoms with Gasteiger partial charge in [0.1, 0.15) is 5.60 Å². The van der Waals surface area contributed by atoms with Crippen molar-refractivity contribution < 1.29 is 19.4 Å². The van der Waals surface area contributed by atoms with Gasteiger partial charge in [-0.3, -0.25) is 0 Å². The molecular weight excluding hydrogens is 330 g/mol. The Balaban J connectivity index is 2.27. The van der Waals surface area contributed by atoms with Gasteiger partial charge in [-0.1, -0.05) is 54.6 Å². The molecule has 5 heteroatoms. The summed E-state index contributed by atoms with van der Waals surface area (Å²) < 4.78 is 5.22. The molecule has 1 amide bonds. The lowest BCUT2D eigenvalue weighted by atomic mass is 9.97. The first-order valence-electron chi connectivity index (χ1n) is 8.31. The van der Waals surface area contributed by atoms with E-state index in [9.17, 15) is 14.7 Å². The average Bonchev–Trinajstić information content (AvgIpc) is 2.57. The maximum Gasteiger partial charge on any atom is 0.407 e. The van der Waals surface area contributed by atoms with Gasteiger partial charge in [0, 0.05) is 6.54 Å². The summed E-state index contributed by atoms with van der Waals surface area (Å²) in [6.45, 7) is 5.52. The van der Waals surface area contributed by atoms with Gasteiger partial charge in [0.05, 0.1) is 5.57 Å². The van der Waals surface area contributed by atoms with E-state index in [2.05, 4.69) is 5.32 Å². The molecule has 136 valence electrons. The van der Waals surface area contributed by atoms with Gasteiger partial charge in [-0.2, -0.15) is 0 Å². The molecule has 26 heavy (non-hydrogen) atoms. The van der Waals surface area contributed by atoms with Crippen LogP contribution in [0, 0.1) is 0 Å². The standard InChI is InChI=1S/C21H23NO4/c1-21(2,3)26-20(25)22-14-16-11-7-8-12-17(16)18(19(23)24)13-15-9-5-4-6-10-15/h4-13H,14H2,1-3H3,(H,22,25)(H,23,24)/b18-13-. The van der Waals surface area contributed by atoms with Crippen LogP contribution in [0.15, 0.2) is 54.6 Å². The number of nitrogens with one attached hydrogen (secondary N) is 1. The van der Waals surface area contributed by atoms with Crippen LogP contribution in [-0.2, 0) is 16.1 Å². The highest BCUT2D eigenvalue weighted by Crippen LogP contribution is 2.22. The van der Waals surface area contributed by atoms with Crippen molar-refractivity contribution in [1.29, 1.82) is 0 Å². The van der Waals surface area contributed by atoms with E-state index in [-0.39, 0.29) is 12.1 Å². The van der Waals surface area contributed by atoms with Gasteiger partial charge in [-0.25, -0.2) is 9.59 Å². The quantitative estimate of drug-likeness (QED) is 0.619. The normalized spacial score (nSPS) is 11.7. The predicted octanol–water partition coefficient (Wildman–Crippen LogP) is 4.34. The fourth-order valence-corrected chi connectivity index (χ4v) is 2.39. The maximum atomic E-state index is 11.9. The molecule has 0 heterocycles. The summed E-state index contributed by atoms with van der Waals surface area (Å²) in [5.41, 5.74) is 1.61. The van der Waals surface area contributed by atoms with E-state index in [0.29, 0.717) is 11.1 Å². The second kappa shape index (κ2) is 8.34. The number of hydrogen-bond acceptors (Lipinski definition) is 3. The number of carbonyl (C=O) groups excluding carboxylic acids is 1. The highest BCUT2D eigenvalue weighted by Gasteiger charge is 2.18. The molecule has 5 nitrogen and oxygen atoms in total. The second-order valence-corrected chi connectivity index (χ2v) is 6.79. The topological polar surface area (TPSA) is 75.6 Å². The van der Waals surface area contributed by atoms with Crippen molar-refractivity contribution >= 4 is 23.7 Å². The van der Waals surface area contributed by atoms with Crippen LogP contribution in [0.2, 0.25) is 0 Å². The van der Waals surface area contributed by atoms with E-state index in [1.165, 1.54) is 0 Å². The molecule has 2 aromatic carbocycles. The molecule has 0 aliphatic carbocycles. The fourth-order valence-electron chi connectivity index (χ4n) is 2.39. The largest absolute Gasteiger partial charge is 0.478 e. The molecule has 0 unspecified atom stereocenters. The number of carbonyl (C=O) groups is 2. The molecule has 0 saturated carbocycles. The number of amides is 1. The smallest absolute Gasteiger partial charge is 0.407 e. The first kappa shape index (κ1) is 19.2. The Bertz CT molecular complexity index is 804. The summed E-state index contributed by atoms with van der Waals surface area (Å²) in [6, 6.07) is 16.3. The molecule has 0 bridgehead atoms. The first-order chi connectivity index (χ1) is 12.3. The van der Waals surface area contributed by atoms with Crippen molar-refractivity contribution in [2.24, 2.45) is 0 Å². The summed E-state index contributed by atoms with van der Waals surface area (Å²) in [4.78, 5) is 23.7. The summed E-state index contributed by atoms with van der Waals surface area (Å²) in [5, 5.41) is 12.3. The van der Waals surface area contributed by atoms with Crippen molar-refractivity contribution in [2.75, 3.05) is 0 Å². The molecule has 0 aromatic heterocycles. The van der Waals surface area contributed by atoms with E-state index in [4.69, 9.17) is 4.74 Å². The maximum absolute atomic E-state index is 11.9. The van der Waals surface area contributed by atoms with E-state index in [0.717, 1.165) is 5.56 Å². The Morgan fingerprint density at radius 3 is 2.27 bits per heavy atom. The predicted molar refractivity (Wildman–Crippen MR) is 101 cm³/mol. The third kappa shape index (κ3) is 5.77. The number of aliphatic carboxylic acids is 1. The van der Waals surface area contributed by atoms with Crippen LogP contribution in [0.25, 0.3) is 11.6 Å². The number of alkyl carbamates (subject to hydrolysis) is 1. The monoisotopic (exact) mass is 353 g/mol. The van der Waals surface area contributed by atoms with Crippen LogP contribution in [0.3, 0.4) is 0 Å². The molecule has 0 fully saturated rings. The number of carboxylic acid groups (broad SMARTS) is 1. The lowest BCUT2D eigenvalue weighted by molar-refractivity contribution is -0.130. The van der Waals surface area contributed by atoms with Crippen LogP contribution in [0.4, 0.5) is 4.79 Å². The Kier molecular flexibility index (Phi) is 6.17. The Morgan fingerprint density at radius 2 is 1.65 bits per heavy atom. The third-order valence-corrected chi connectivity index (χ3v) is 3.47. The minimum atomic E-state index is -1.03. The summed E-state index contributed by atoms with van der Waals surface area (Å²) >= 11 is 0. The van der Waals surface area contributed by atoms with Gasteiger partial charge < -0.3 is 15.2 Å². The molecule has 2 rings (SSSR count). The van der Waals surface area contributed by atoms with E-state index in [1.807, 2.05) is 30.3 Å². The number of ether oxygens (including phenoxy) is 1. The zero-order valence-electron chi connectivity index (χ0n) is 15.2. The molecule has 0 saturated heterocycles. The summed E-state index contributed by atoms with van der Waals surface area (Å²) in [6.07, 6.45) is 1.07. The van der Waals surface area contributed by atoms with Crippen LogP contribution in [0.1, 0.15) is 37.5 Å². The Labute approximate surface area is 153 Å². The Hall–Kier alpha value is -3.08. The van der Waals surface area contributed by atoms with Crippen LogP contribution >= 0.6 is 0 Å². The number of rotatable bonds is 5. The minimum Gasteiger partial charge on any atom is -0.478 e. The highest BCUT2D eigenvalue weighted by atomic mass is 16.6. The zero-order valence-corrected chi connectivity index (χ0v) is 15.2. The highest BCUT2D eigenvalue weighted by molar-refractivity contribution is 6.21. The van der Waals surface area contributed by atoms with Gasteiger partial charge in [-0.15, -0.1) is 0 Å². The van der Waals surface area contributed by atoms with Gasteiger partial charge in [-0.05, 0) is 43.5 Å². The Morgan fingerprint density at radius 1 is 1.04 bits per heavy atom. The molecule has 0 aliphatic heterocycles. The van der Waals surface area contributed by atoms with Crippen LogP contribution in [-0.4, -0.2) is 22.8 Å². The van der Waals surface area contributed by atoms with Gasteiger partial charge in [0.2, 0.25) is 0 Å². The fraction of sp³-hybridized carbons (Fsp3) is 0.238. The third-order valence-electron chi connectivity index (χ3n) is 3.47. The van der Waals surface area contributed by atoms with Gasteiger partial charge in [0.25, 0.3) is 0 Å². The number of hydrogen-bond donors (Lipinski definition) is 2. The molecule has 2 N–H and O–H groups in total. The average molecular weight is 353 g/mol. The van der Waals surface area contributed by atoms with E-state index < -0.39 is 17.7 Å². The molecule has 0 aliphatic rings. The van der Waals surface area contributed by atoms with Crippen molar-refractivity contribution in [2.45, 2.75) is 32.9 Å². The van der Waals surface area contributed by atoms with Crippen molar-refractivity contribution in [3.63, 3.8) is 0 Å². The zero-order chi connectivity index (χ0) is 19.2. The van der Waals surface area contributed by atoms with Crippen molar-refractivity contribution in [3.8, 4) is 0 Å². The molecular formula is C21H23NO4. The molecule has 2 aromatic rings. The number of benzene rings is 2. The van der Waals surface area contributed by atoms with Crippen molar-refractivity contribution in [1.82, 2.24) is 5.32 Å². The summed E-state index contributed by atoms with van der Waals surface area (Å²) in [5.74, 6) is -1.03. The molecule has 0 atom stereocenters. The van der Waals surface area contributed by atoms with Crippen LogP contribution in [0.5, 0.6) is 0 Å². The molecule has 0 spiro atoms. The van der Waals surface area contributed by atoms with E-state index >= 15 is 0 Å². The van der Waals surface area contributed by atoms with Crippen molar-refractivity contribution in [3.05, 3.63) is 71.3 Å². The van der Waals surface area contributed by atoms with Gasteiger partial charge >= 0.3 is 12.1 Å². The van der Waals surface area contributed by atoms with E-state index in [1.54, 1.807) is 51.1 Å². The second-order valence-electron chi connectivity index (χ2n) is 6.79. The lowest BCUT2D eigenvalue weighted by Gasteiger charge is -2.20.